The van der Waals surface area contributed by atoms with Gasteiger partial charge in [-0.15, -0.1) is 0 Å². The van der Waals surface area contributed by atoms with E-state index in [1.165, 1.54) is 0 Å². The molecule has 0 spiro atoms. The quantitative estimate of drug-likeness (QED) is 0.685. The molecule has 0 saturated heterocycles. The van der Waals surface area contributed by atoms with Crippen molar-refractivity contribution in [2.24, 2.45) is 0 Å². The van der Waals surface area contributed by atoms with Gasteiger partial charge in [0, 0.05) is 5.56 Å². The van der Waals surface area contributed by atoms with E-state index in [2.05, 4.69) is 0 Å². The second-order valence-corrected chi connectivity index (χ2v) is 3.27. The van der Waals surface area contributed by atoms with E-state index in [1.54, 1.807) is 14.2 Å². The van der Waals surface area contributed by atoms with E-state index in [9.17, 15) is 0 Å². The molecule has 0 unspecified atom stereocenters. The topological polar surface area (TPSA) is 18.5 Å². The molecule has 0 radical (unpaired) electrons. The lowest BCUT2D eigenvalue weighted by molar-refractivity contribution is 0.366. The highest BCUT2D eigenvalue weighted by Crippen LogP contribution is 2.22. The Morgan fingerprint density at radius 3 is 2.36 bits per heavy atom. The van der Waals surface area contributed by atoms with Gasteiger partial charge in [0.15, 0.2) is 0 Å². The molecule has 0 bridgehead atoms. The summed E-state index contributed by atoms with van der Waals surface area (Å²) in [6, 6.07) is 7.85. The molecule has 2 nitrogen and oxygen atoms in total. The van der Waals surface area contributed by atoms with Crippen LogP contribution in [0.25, 0.3) is 5.76 Å². The third-order valence-corrected chi connectivity index (χ3v) is 1.99. The van der Waals surface area contributed by atoms with Crippen LogP contribution >= 0.6 is 0 Å². The first kappa shape index (κ1) is 10.6. The number of benzene rings is 1. The predicted molar refractivity (Wildman–Crippen MR) is 58.3 cm³/mol. The van der Waals surface area contributed by atoms with E-state index >= 15 is 0 Å². The highest BCUT2D eigenvalue weighted by molar-refractivity contribution is 5.63. The lowest BCUT2D eigenvalue weighted by Gasteiger charge is -2.09. The maximum atomic E-state index is 5.32. The lowest BCUT2D eigenvalue weighted by atomic mass is 10.1. The molecule has 1 aromatic rings. The Balaban J connectivity index is 3.12. The highest BCUT2D eigenvalue weighted by atomic mass is 16.5. The van der Waals surface area contributed by atoms with Crippen molar-refractivity contribution in [1.29, 1.82) is 0 Å². The van der Waals surface area contributed by atoms with Crippen molar-refractivity contribution in [3.05, 3.63) is 35.4 Å². The predicted octanol–water partition coefficient (Wildman–Crippen LogP) is 3.09. The molecule has 1 aromatic carbocycles. The summed E-state index contributed by atoms with van der Waals surface area (Å²) >= 11 is 0. The molecule has 0 aliphatic heterocycles. The molecule has 14 heavy (non-hydrogen) atoms. The molecule has 0 heterocycles. The first-order valence-corrected chi connectivity index (χ1v) is 4.55. The maximum Gasteiger partial charge on any atom is 0.124 e. The van der Waals surface area contributed by atoms with Crippen molar-refractivity contribution in [2.75, 3.05) is 14.2 Å². The minimum absolute atomic E-state index is 0.846. The van der Waals surface area contributed by atoms with Crippen LogP contribution in [-0.2, 0) is 4.74 Å². The molecule has 76 valence electrons. The van der Waals surface area contributed by atoms with E-state index < -0.39 is 0 Å². The fourth-order valence-corrected chi connectivity index (χ4v) is 1.37. The van der Waals surface area contributed by atoms with Gasteiger partial charge in [0.1, 0.15) is 11.5 Å². The van der Waals surface area contributed by atoms with Crippen LogP contribution in [0.5, 0.6) is 5.75 Å². The Hall–Kier alpha value is -1.44. The second-order valence-electron chi connectivity index (χ2n) is 3.27. The molecule has 2 heteroatoms. The van der Waals surface area contributed by atoms with Crippen molar-refractivity contribution in [3.63, 3.8) is 0 Å². The summed E-state index contributed by atoms with van der Waals surface area (Å²) < 4.78 is 10.5. The van der Waals surface area contributed by atoms with Crippen LogP contribution in [0.2, 0.25) is 0 Å². The van der Waals surface area contributed by atoms with Gasteiger partial charge in [-0.1, -0.05) is 12.1 Å². The average molecular weight is 192 g/mol. The minimum atomic E-state index is 0.846. The van der Waals surface area contributed by atoms with Crippen LogP contribution in [0.1, 0.15) is 19.4 Å². The summed E-state index contributed by atoms with van der Waals surface area (Å²) in [5, 5.41) is 0. The zero-order valence-corrected chi connectivity index (χ0v) is 9.13. The van der Waals surface area contributed by atoms with Crippen LogP contribution in [0.3, 0.4) is 0 Å². The van der Waals surface area contributed by atoms with E-state index in [4.69, 9.17) is 9.47 Å². The van der Waals surface area contributed by atoms with Crippen LogP contribution in [-0.4, -0.2) is 14.2 Å². The molecule has 0 aromatic heterocycles. The van der Waals surface area contributed by atoms with Crippen molar-refractivity contribution in [2.45, 2.75) is 13.8 Å². The Labute approximate surface area is 85.2 Å². The van der Waals surface area contributed by atoms with Crippen molar-refractivity contribution in [1.82, 2.24) is 0 Å². The summed E-state index contributed by atoms with van der Waals surface area (Å²) in [6.45, 7) is 4.05. The Morgan fingerprint density at radius 2 is 1.86 bits per heavy atom. The number of allylic oxidation sites excluding steroid dienone is 1. The zero-order chi connectivity index (χ0) is 10.6. The molecule has 0 fully saturated rings. The van der Waals surface area contributed by atoms with E-state index in [0.717, 1.165) is 22.6 Å². The number of rotatable bonds is 3. The number of ether oxygens (including phenoxy) is 2. The molecule has 0 N–H and O–H groups in total. The molecular weight excluding hydrogens is 176 g/mol. The molecule has 0 saturated carbocycles. The molecule has 1 rings (SSSR count). The first-order chi connectivity index (χ1) is 6.69. The first-order valence-electron chi connectivity index (χ1n) is 4.55. The Morgan fingerprint density at radius 1 is 1.14 bits per heavy atom. The van der Waals surface area contributed by atoms with Gasteiger partial charge in [-0.3, -0.25) is 0 Å². The monoisotopic (exact) mass is 192 g/mol. The van der Waals surface area contributed by atoms with Gasteiger partial charge in [-0.05, 0) is 31.6 Å². The van der Waals surface area contributed by atoms with Gasteiger partial charge < -0.3 is 9.47 Å². The number of hydrogen-bond donors (Lipinski definition) is 0. The summed E-state index contributed by atoms with van der Waals surface area (Å²) in [5.74, 6) is 1.75. The maximum absolute atomic E-state index is 5.32. The summed E-state index contributed by atoms with van der Waals surface area (Å²) in [6.07, 6.45) is 0. The second kappa shape index (κ2) is 4.70. The van der Waals surface area contributed by atoms with Crippen molar-refractivity contribution >= 4 is 5.76 Å². The van der Waals surface area contributed by atoms with Crippen LogP contribution in [0.4, 0.5) is 0 Å². The SMILES string of the molecule is COC(=C(C)C)c1cccc(OC)c1. The summed E-state index contributed by atoms with van der Waals surface area (Å²) in [5.41, 5.74) is 2.20. The van der Waals surface area contributed by atoms with E-state index in [-0.39, 0.29) is 0 Å². The van der Waals surface area contributed by atoms with Crippen LogP contribution in [0.15, 0.2) is 29.8 Å². The molecular formula is C12H16O2. The number of hydrogen-bond acceptors (Lipinski definition) is 2. The van der Waals surface area contributed by atoms with Gasteiger partial charge in [-0.25, -0.2) is 0 Å². The largest absolute Gasteiger partial charge is 0.497 e. The average Bonchev–Trinajstić information content (AvgIpc) is 2.19. The Kier molecular flexibility index (Phi) is 3.57. The summed E-state index contributed by atoms with van der Waals surface area (Å²) in [7, 11) is 3.34. The highest BCUT2D eigenvalue weighted by Gasteiger charge is 2.04. The fraction of sp³-hybridized carbons (Fsp3) is 0.333. The van der Waals surface area contributed by atoms with Gasteiger partial charge in [0.2, 0.25) is 0 Å². The molecule has 0 aliphatic carbocycles. The van der Waals surface area contributed by atoms with Gasteiger partial charge >= 0.3 is 0 Å². The molecule has 0 aliphatic rings. The van der Waals surface area contributed by atoms with E-state index in [0.29, 0.717) is 0 Å². The zero-order valence-electron chi connectivity index (χ0n) is 9.13. The van der Waals surface area contributed by atoms with Crippen LogP contribution in [0, 0.1) is 0 Å². The third kappa shape index (κ3) is 2.28. The van der Waals surface area contributed by atoms with Crippen molar-refractivity contribution in [3.8, 4) is 5.75 Å². The van der Waals surface area contributed by atoms with Crippen molar-refractivity contribution < 1.29 is 9.47 Å². The van der Waals surface area contributed by atoms with Gasteiger partial charge in [0.25, 0.3) is 0 Å². The molecule has 0 atom stereocenters. The summed E-state index contributed by atoms with van der Waals surface area (Å²) in [4.78, 5) is 0. The molecule has 0 amide bonds. The van der Waals surface area contributed by atoms with Gasteiger partial charge in [0.05, 0.1) is 14.2 Å². The smallest absolute Gasteiger partial charge is 0.124 e. The lowest BCUT2D eigenvalue weighted by Crippen LogP contribution is -1.91. The van der Waals surface area contributed by atoms with Gasteiger partial charge in [-0.2, -0.15) is 0 Å². The minimum Gasteiger partial charge on any atom is -0.497 e. The normalized spacial score (nSPS) is 9.43. The Bertz CT molecular complexity index is 336. The van der Waals surface area contributed by atoms with Crippen LogP contribution < -0.4 is 4.74 Å². The van der Waals surface area contributed by atoms with E-state index in [1.807, 2.05) is 38.1 Å². The number of methoxy groups -OCH3 is 2. The standard InChI is InChI=1S/C12H16O2/c1-9(2)12(14-4)10-6-5-7-11(8-10)13-3/h5-8H,1-4H3. The third-order valence-electron chi connectivity index (χ3n) is 1.99. The fourth-order valence-electron chi connectivity index (χ4n) is 1.37.